The molecule has 1 N–H and O–H groups in total. The molecule has 0 aliphatic carbocycles. The summed E-state index contributed by atoms with van der Waals surface area (Å²) in [5.41, 5.74) is 1.12. The number of Topliss-reactive ketones (excluding diaryl/α,β-unsaturated/α-hetero) is 1. The minimum absolute atomic E-state index is 0.0271. The molecule has 1 aromatic carbocycles. The van der Waals surface area contributed by atoms with Crippen molar-refractivity contribution in [1.29, 1.82) is 0 Å². The van der Waals surface area contributed by atoms with E-state index < -0.39 is 0 Å². The average Bonchev–Trinajstić information content (AvgIpc) is 3.34. The quantitative estimate of drug-likeness (QED) is 0.227. The minimum Gasteiger partial charge on any atom is -0.396 e. The number of ketones is 1. The monoisotopic (exact) mass is 501 g/mol. The Balaban J connectivity index is 1.47. The Labute approximate surface area is 219 Å². The molecule has 0 aromatic heterocycles. The smallest absolute Gasteiger partial charge is 0.158 e. The number of carbonyl (C=O) groups excluding carboxylic acids is 1. The summed E-state index contributed by atoms with van der Waals surface area (Å²) in [5, 5.41) is 9.39. The molecule has 4 atom stereocenters. The third-order valence-electron chi connectivity index (χ3n) is 8.08. The fourth-order valence-corrected chi connectivity index (χ4v) is 6.08. The van der Waals surface area contributed by atoms with Gasteiger partial charge in [0.2, 0.25) is 0 Å². The Hall–Kier alpha value is -1.43. The SMILES string of the molecule is CCCCCCCCCCCCC1OCCOC1CC(=O)C1C(CCCO)CCN1c1ccccc1. The molecule has 1 aromatic rings. The Morgan fingerprint density at radius 1 is 0.861 bits per heavy atom. The molecule has 204 valence electrons. The van der Waals surface area contributed by atoms with Crippen LogP contribution in [-0.2, 0) is 14.3 Å². The summed E-state index contributed by atoms with van der Waals surface area (Å²) < 4.78 is 12.2. The van der Waals surface area contributed by atoms with Gasteiger partial charge in [0.05, 0.1) is 31.5 Å². The predicted octanol–water partition coefficient (Wildman–Crippen LogP) is 6.71. The molecular weight excluding hydrogens is 450 g/mol. The number of para-hydroxylation sites is 1. The highest BCUT2D eigenvalue weighted by molar-refractivity contribution is 5.88. The van der Waals surface area contributed by atoms with E-state index in [0.29, 0.717) is 19.6 Å². The van der Waals surface area contributed by atoms with Crippen LogP contribution in [-0.4, -0.2) is 55.5 Å². The van der Waals surface area contributed by atoms with Crippen molar-refractivity contribution in [3.63, 3.8) is 0 Å². The van der Waals surface area contributed by atoms with Crippen molar-refractivity contribution in [2.75, 3.05) is 31.3 Å². The van der Waals surface area contributed by atoms with Crippen LogP contribution in [0, 0.1) is 5.92 Å². The van der Waals surface area contributed by atoms with Crippen LogP contribution in [0.4, 0.5) is 5.69 Å². The van der Waals surface area contributed by atoms with Crippen LogP contribution >= 0.6 is 0 Å². The molecule has 36 heavy (non-hydrogen) atoms. The maximum atomic E-state index is 13.7. The highest BCUT2D eigenvalue weighted by Gasteiger charge is 2.40. The van der Waals surface area contributed by atoms with Gasteiger partial charge in [0.15, 0.2) is 5.78 Å². The number of unbranched alkanes of at least 4 members (excludes halogenated alkanes) is 9. The molecule has 0 radical (unpaired) electrons. The third-order valence-corrected chi connectivity index (χ3v) is 8.08. The van der Waals surface area contributed by atoms with Crippen molar-refractivity contribution in [3.05, 3.63) is 30.3 Å². The van der Waals surface area contributed by atoms with E-state index in [-0.39, 0.29) is 36.6 Å². The lowest BCUT2D eigenvalue weighted by Gasteiger charge is -2.34. The van der Waals surface area contributed by atoms with Crippen molar-refractivity contribution < 1.29 is 19.4 Å². The maximum Gasteiger partial charge on any atom is 0.158 e. The summed E-state index contributed by atoms with van der Waals surface area (Å²) in [4.78, 5) is 16.0. The highest BCUT2D eigenvalue weighted by atomic mass is 16.6. The van der Waals surface area contributed by atoms with Gasteiger partial charge in [-0.15, -0.1) is 0 Å². The molecule has 2 aliphatic heterocycles. The maximum absolute atomic E-state index is 13.7. The van der Waals surface area contributed by atoms with E-state index >= 15 is 0 Å². The zero-order valence-electron chi connectivity index (χ0n) is 22.8. The summed E-state index contributed by atoms with van der Waals surface area (Å²) in [5.74, 6) is 0.553. The number of nitrogens with zero attached hydrogens (tertiary/aromatic N) is 1. The van der Waals surface area contributed by atoms with E-state index in [1.165, 1.54) is 57.8 Å². The van der Waals surface area contributed by atoms with E-state index in [2.05, 4.69) is 24.0 Å². The minimum atomic E-state index is -0.137. The number of anilines is 1. The standard InChI is InChI=1S/C31H51NO4/c1-2-3-4-5-6-7-8-9-10-14-19-29-30(36-24-23-35-29)25-28(34)31-26(16-15-22-33)20-21-32(31)27-17-12-11-13-18-27/h11-13,17-18,26,29-31,33H,2-10,14-16,19-25H2,1H3. The van der Waals surface area contributed by atoms with Gasteiger partial charge in [-0.25, -0.2) is 0 Å². The molecule has 3 rings (SSSR count). The predicted molar refractivity (Wildman–Crippen MR) is 148 cm³/mol. The van der Waals surface area contributed by atoms with Crippen molar-refractivity contribution >= 4 is 11.5 Å². The number of aliphatic hydroxyl groups is 1. The number of carbonyl (C=O) groups is 1. The topological polar surface area (TPSA) is 59.0 Å². The lowest BCUT2D eigenvalue weighted by Crippen LogP contribution is -2.45. The zero-order chi connectivity index (χ0) is 25.4. The number of rotatable bonds is 18. The third kappa shape index (κ3) is 9.46. The number of benzene rings is 1. The second-order valence-corrected chi connectivity index (χ2v) is 10.8. The molecule has 2 saturated heterocycles. The van der Waals surface area contributed by atoms with Crippen LogP contribution in [0.1, 0.15) is 103 Å². The first-order chi connectivity index (χ1) is 17.7. The van der Waals surface area contributed by atoms with Crippen molar-refractivity contribution in [2.45, 2.75) is 121 Å². The molecule has 0 saturated carbocycles. The molecule has 0 bridgehead atoms. The average molecular weight is 502 g/mol. The Kier molecular flexibility index (Phi) is 13.9. The first kappa shape index (κ1) is 29.1. The molecular formula is C31H51NO4. The van der Waals surface area contributed by atoms with Gasteiger partial charge >= 0.3 is 0 Å². The Bertz CT molecular complexity index is 712. The number of hydrogen-bond donors (Lipinski definition) is 1. The lowest BCUT2D eigenvalue weighted by atomic mass is 9.88. The zero-order valence-corrected chi connectivity index (χ0v) is 22.8. The molecule has 2 heterocycles. The summed E-state index contributed by atoms with van der Waals surface area (Å²) in [6.45, 7) is 4.55. The van der Waals surface area contributed by atoms with Gasteiger partial charge < -0.3 is 19.5 Å². The number of ether oxygens (including phenoxy) is 2. The van der Waals surface area contributed by atoms with Gasteiger partial charge in [0, 0.05) is 25.3 Å². The molecule has 2 fully saturated rings. The molecule has 5 heteroatoms. The largest absolute Gasteiger partial charge is 0.396 e. The van der Waals surface area contributed by atoms with E-state index in [1.54, 1.807) is 0 Å². The highest BCUT2D eigenvalue weighted by Crippen LogP contribution is 2.34. The van der Waals surface area contributed by atoms with E-state index in [0.717, 1.165) is 44.3 Å². The second kappa shape index (κ2) is 17.1. The van der Waals surface area contributed by atoms with E-state index in [1.807, 2.05) is 18.2 Å². The van der Waals surface area contributed by atoms with Crippen LogP contribution in [0.25, 0.3) is 0 Å². The molecule has 0 amide bonds. The second-order valence-electron chi connectivity index (χ2n) is 10.8. The van der Waals surface area contributed by atoms with Crippen LogP contribution in [0.5, 0.6) is 0 Å². The summed E-state index contributed by atoms with van der Waals surface area (Å²) in [6, 6.07) is 10.2. The van der Waals surface area contributed by atoms with Crippen LogP contribution in [0.15, 0.2) is 30.3 Å². The van der Waals surface area contributed by atoms with Crippen LogP contribution in [0.2, 0.25) is 0 Å². The van der Waals surface area contributed by atoms with Crippen molar-refractivity contribution in [3.8, 4) is 0 Å². The van der Waals surface area contributed by atoms with E-state index in [4.69, 9.17) is 9.47 Å². The van der Waals surface area contributed by atoms with Gasteiger partial charge in [-0.3, -0.25) is 4.79 Å². The van der Waals surface area contributed by atoms with Gasteiger partial charge in [-0.1, -0.05) is 89.3 Å². The molecule has 2 aliphatic rings. The number of hydrogen-bond acceptors (Lipinski definition) is 5. The van der Waals surface area contributed by atoms with Gasteiger partial charge in [0.1, 0.15) is 0 Å². The first-order valence-electron chi connectivity index (χ1n) is 14.9. The fourth-order valence-electron chi connectivity index (χ4n) is 6.08. The van der Waals surface area contributed by atoms with Crippen LogP contribution < -0.4 is 4.90 Å². The van der Waals surface area contributed by atoms with Crippen molar-refractivity contribution in [1.82, 2.24) is 0 Å². The van der Waals surface area contributed by atoms with Crippen molar-refractivity contribution in [2.24, 2.45) is 5.92 Å². The summed E-state index contributed by atoms with van der Waals surface area (Å²) >= 11 is 0. The molecule has 4 unspecified atom stereocenters. The van der Waals surface area contributed by atoms with Gasteiger partial charge in [-0.2, -0.15) is 0 Å². The Morgan fingerprint density at radius 3 is 2.17 bits per heavy atom. The van der Waals surface area contributed by atoms with Crippen LogP contribution in [0.3, 0.4) is 0 Å². The lowest BCUT2D eigenvalue weighted by molar-refractivity contribution is -0.153. The van der Waals surface area contributed by atoms with Gasteiger partial charge in [0.25, 0.3) is 0 Å². The Morgan fingerprint density at radius 2 is 1.50 bits per heavy atom. The number of aliphatic hydroxyl groups excluding tert-OH is 1. The fraction of sp³-hybridized carbons (Fsp3) is 0.774. The molecule has 5 nitrogen and oxygen atoms in total. The first-order valence-corrected chi connectivity index (χ1v) is 14.9. The van der Waals surface area contributed by atoms with Gasteiger partial charge in [-0.05, 0) is 43.7 Å². The normalized spacial score (nSPS) is 24.3. The summed E-state index contributed by atoms with van der Waals surface area (Å²) in [7, 11) is 0. The summed E-state index contributed by atoms with van der Waals surface area (Å²) in [6.07, 6.45) is 17.2. The molecule has 0 spiro atoms. The van der Waals surface area contributed by atoms with E-state index in [9.17, 15) is 9.90 Å².